The Balaban J connectivity index is 2.12. The maximum atomic E-state index is 10.1. The quantitative estimate of drug-likeness (QED) is 0.880. The van der Waals surface area contributed by atoms with E-state index in [4.69, 9.17) is 9.15 Å². The van der Waals surface area contributed by atoms with Gasteiger partial charge in [0.1, 0.15) is 11.9 Å². The van der Waals surface area contributed by atoms with Crippen LogP contribution in [-0.2, 0) is 0 Å². The minimum Gasteiger partial charge on any atom is -0.491 e. The van der Waals surface area contributed by atoms with Gasteiger partial charge in [0.15, 0.2) is 0 Å². The van der Waals surface area contributed by atoms with Crippen molar-refractivity contribution < 1.29 is 14.3 Å². The van der Waals surface area contributed by atoms with Crippen LogP contribution in [0.2, 0.25) is 0 Å². The molecule has 0 saturated heterocycles. The molecule has 90 valence electrons. The fourth-order valence-electron chi connectivity index (χ4n) is 1.62. The number of benzene rings is 1. The molecule has 0 aliphatic rings. The average molecular weight is 232 g/mol. The van der Waals surface area contributed by atoms with Crippen LogP contribution in [0.15, 0.2) is 47.3 Å². The van der Waals surface area contributed by atoms with Crippen molar-refractivity contribution in [3.8, 4) is 5.75 Å². The molecular formula is C14H16O3. The highest BCUT2D eigenvalue weighted by Gasteiger charge is 2.11. The van der Waals surface area contributed by atoms with E-state index in [0.717, 1.165) is 16.9 Å². The van der Waals surface area contributed by atoms with E-state index in [2.05, 4.69) is 0 Å². The molecule has 2 rings (SSSR count). The van der Waals surface area contributed by atoms with Crippen LogP contribution in [0.25, 0.3) is 0 Å². The first-order chi connectivity index (χ1) is 8.16. The summed E-state index contributed by atoms with van der Waals surface area (Å²) in [5.41, 5.74) is 1.57. The molecule has 1 aromatic carbocycles. The van der Waals surface area contributed by atoms with Crippen molar-refractivity contribution in [2.75, 3.05) is 0 Å². The molecule has 0 amide bonds. The first-order valence-electron chi connectivity index (χ1n) is 5.63. The molecule has 3 nitrogen and oxygen atoms in total. The van der Waals surface area contributed by atoms with Crippen molar-refractivity contribution in [1.29, 1.82) is 0 Å². The number of rotatable bonds is 4. The Labute approximate surface area is 101 Å². The summed E-state index contributed by atoms with van der Waals surface area (Å²) < 4.78 is 10.5. The third kappa shape index (κ3) is 2.88. The normalized spacial score (nSPS) is 12.7. The summed E-state index contributed by atoms with van der Waals surface area (Å²) in [7, 11) is 0. The summed E-state index contributed by atoms with van der Waals surface area (Å²) in [5, 5.41) is 10.1. The Kier molecular flexibility index (Phi) is 3.49. The molecule has 0 radical (unpaired) electrons. The van der Waals surface area contributed by atoms with Gasteiger partial charge in [0.25, 0.3) is 0 Å². The van der Waals surface area contributed by atoms with Gasteiger partial charge in [0, 0.05) is 5.56 Å². The summed E-state index contributed by atoms with van der Waals surface area (Å²) in [6.07, 6.45) is 2.60. The zero-order valence-electron chi connectivity index (χ0n) is 9.96. The van der Waals surface area contributed by atoms with Crippen LogP contribution in [0, 0.1) is 0 Å². The van der Waals surface area contributed by atoms with E-state index >= 15 is 0 Å². The maximum Gasteiger partial charge on any atom is 0.119 e. The van der Waals surface area contributed by atoms with Crippen LogP contribution in [0.5, 0.6) is 5.75 Å². The smallest absolute Gasteiger partial charge is 0.119 e. The van der Waals surface area contributed by atoms with E-state index in [0.29, 0.717) is 0 Å². The molecule has 0 spiro atoms. The highest BCUT2D eigenvalue weighted by atomic mass is 16.5. The zero-order valence-corrected chi connectivity index (χ0v) is 9.96. The topological polar surface area (TPSA) is 42.6 Å². The summed E-state index contributed by atoms with van der Waals surface area (Å²) >= 11 is 0. The Morgan fingerprint density at radius 3 is 2.29 bits per heavy atom. The molecule has 3 heteroatoms. The first kappa shape index (κ1) is 11.7. The molecule has 0 aliphatic heterocycles. The van der Waals surface area contributed by atoms with Gasteiger partial charge in [0.05, 0.1) is 18.6 Å². The van der Waals surface area contributed by atoms with Gasteiger partial charge in [-0.2, -0.15) is 0 Å². The van der Waals surface area contributed by atoms with Crippen molar-refractivity contribution in [1.82, 2.24) is 0 Å². The fourth-order valence-corrected chi connectivity index (χ4v) is 1.62. The van der Waals surface area contributed by atoms with Crippen molar-refractivity contribution in [3.05, 3.63) is 54.0 Å². The number of aliphatic hydroxyl groups excluding tert-OH is 1. The van der Waals surface area contributed by atoms with E-state index in [1.54, 1.807) is 18.6 Å². The second-order valence-corrected chi connectivity index (χ2v) is 4.19. The van der Waals surface area contributed by atoms with Gasteiger partial charge < -0.3 is 14.3 Å². The van der Waals surface area contributed by atoms with Gasteiger partial charge in [-0.25, -0.2) is 0 Å². The largest absolute Gasteiger partial charge is 0.491 e. The van der Waals surface area contributed by atoms with Crippen molar-refractivity contribution in [2.45, 2.75) is 26.1 Å². The third-order valence-electron chi connectivity index (χ3n) is 2.43. The molecule has 17 heavy (non-hydrogen) atoms. The average Bonchev–Trinajstić information content (AvgIpc) is 2.82. The van der Waals surface area contributed by atoms with Gasteiger partial charge in [-0.1, -0.05) is 12.1 Å². The molecule has 0 saturated carbocycles. The SMILES string of the molecule is CC(C)Oc1ccc(C(O)c2ccoc2)cc1. The Morgan fingerprint density at radius 1 is 1.06 bits per heavy atom. The predicted octanol–water partition coefficient (Wildman–Crippen LogP) is 3.15. The predicted molar refractivity (Wildman–Crippen MR) is 65.0 cm³/mol. The molecule has 1 aromatic heterocycles. The van der Waals surface area contributed by atoms with Crippen molar-refractivity contribution >= 4 is 0 Å². The first-order valence-corrected chi connectivity index (χ1v) is 5.63. The van der Waals surface area contributed by atoms with E-state index in [9.17, 15) is 5.11 Å². The third-order valence-corrected chi connectivity index (χ3v) is 2.43. The second-order valence-electron chi connectivity index (χ2n) is 4.19. The lowest BCUT2D eigenvalue weighted by Gasteiger charge is -2.12. The van der Waals surface area contributed by atoms with Crippen LogP contribution in [0.3, 0.4) is 0 Å². The molecule has 1 N–H and O–H groups in total. The highest BCUT2D eigenvalue weighted by Crippen LogP contribution is 2.24. The van der Waals surface area contributed by atoms with E-state index in [-0.39, 0.29) is 6.10 Å². The lowest BCUT2D eigenvalue weighted by Crippen LogP contribution is -2.05. The van der Waals surface area contributed by atoms with Crippen molar-refractivity contribution in [3.63, 3.8) is 0 Å². The summed E-state index contributed by atoms with van der Waals surface area (Å²) in [6.45, 7) is 3.96. The van der Waals surface area contributed by atoms with E-state index < -0.39 is 6.10 Å². The van der Waals surface area contributed by atoms with E-state index in [1.165, 1.54) is 0 Å². The van der Waals surface area contributed by atoms with Crippen LogP contribution < -0.4 is 4.74 Å². The van der Waals surface area contributed by atoms with Gasteiger partial charge in [-0.3, -0.25) is 0 Å². The van der Waals surface area contributed by atoms with Gasteiger partial charge >= 0.3 is 0 Å². The molecule has 1 unspecified atom stereocenters. The zero-order chi connectivity index (χ0) is 12.3. The Bertz CT molecular complexity index is 443. The number of aliphatic hydroxyl groups is 1. The molecule has 2 aromatic rings. The lowest BCUT2D eigenvalue weighted by atomic mass is 10.0. The lowest BCUT2D eigenvalue weighted by molar-refractivity contribution is 0.218. The van der Waals surface area contributed by atoms with Crippen molar-refractivity contribution in [2.24, 2.45) is 0 Å². The Morgan fingerprint density at radius 2 is 1.76 bits per heavy atom. The van der Waals surface area contributed by atoms with Crippen LogP contribution in [0.4, 0.5) is 0 Å². The summed E-state index contributed by atoms with van der Waals surface area (Å²) in [6, 6.07) is 9.19. The monoisotopic (exact) mass is 232 g/mol. The van der Waals surface area contributed by atoms with Crippen LogP contribution in [-0.4, -0.2) is 11.2 Å². The molecule has 1 atom stereocenters. The number of hydrogen-bond donors (Lipinski definition) is 1. The highest BCUT2D eigenvalue weighted by molar-refractivity contribution is 5.32. The molecule has 0 fully saturated rings. The van der Waals surface area contributed by atoms with Crippen LogP contribution in [0.1, 0.15) is 31.1 Å². The molecular weight excluding hydrogens is 216 g/mol. The molecule has 0 bridgehead atoms. The number of ether oxygens (including phenoxy) is 1. The minimum absolute atomic E-state index is 0.152. The standard InChI is InChI=1S/C14H16O3/c1-10(2)17-13-5-3-11(4-6-13)14(15)12-7-8-16-9-12/h3-10,14-15H,1-2H3. The van der Waals surface area contributed by atoms with Gasteiger partial charge in [0.2, 0.25) is 0 Å². The fraction of sp³-hybridized carbons (Fsp3) is 0.286. The van der Waals surface area contributed by atoms with Gasteiger partial charge in [-0.05, 0) is 37.6 Å². The second kappa shape index (κ2) is 5.06. The van der Waals surface area contributed by atoms with Gasteiger partial charge in [-0.15, -0.1) is 0 Å². The Hall–Kier alpha value is -1.74. The number of hydrogen-bond acceptors (Lipinski definition) is 3. The summed E-state index contributed by atoms with van der Waals surface area (Å²) in [5.74, 6) is 0.808. The summed E-state index contributed by atoms with van der Waals surface area (Å²) in [4.78, 5) is 0. The maximum absolute atomic E-state index is 10.1. The molecule has 0 aliphatic carbocycles. The molecule has 1 heterocycles. The minimum atomic E-state index is -0.651. The van der Waals surface area contributed by atoms with E-state index in [1.807, 2.05) is 38.1 Å². The number of furan rings is 1. The van der Waals surface area contributed by atoms with Crippen LogP contribution >= 0.6 is 0 Å².